The van der Waals surface area contributed by atoms with Gasteiger partial charge in [0.1, 0.15) is 6.33 Å². The van der Waals surface area contributed by atoms with Crippen molar-refractivity contribution >= 4 is 11.6 Å². The average molecular weight is 286 g/mol. The van der Waals surface area contributed by atoms with Gasteiger partial charge in [-0.05, 0) is 41.5 Å². The van der Waals surface area contributed by atoms with Crippen LogP contribution in [0.5, 0.6) is 0 Å². The summed E-state index contributed by atoms with van der Waals surface area (Å²) in [6.07, 6.45) is 5.37. The van der Waals surface area contributed by atoms with Crippen LogP contribution >= 0.6 is 0 Å². The van der Waals surface area contributed by atoms with Gasteiger partial charge in [-0.1, -0.05) is 18.9 Å². The van der Waals surface area contributed by atoms with Gasteiger partial charge in [0.2, 0.25) is 5.91 Å². The van der Waals surface area contributed by atoms with Crippen LogP contribution < -0.4 is 11.1 Å². The lowest BCUT2D eigenvalue weighted by Crippen LogP contribution is -2.40. The normalized spacial score (nSPS) is 16.8. The van der Waals surface area contributed by atoms with E-state index in [2.05, 4.69) is 20.8 Å². The van der Waals surface area contributed by atoms with Gasteiger partial charge in [0.05, 0.1) is 11.1 Å². The number of nitrogens with zero attached hydrogens (tertiary/aromatic N) is 4. The van der Waals surface area contributed by atoms with Gasteiger partial charge in [-0.2, -0.15) is 0 Å². The summed E-state index contributed by atoms with van der Waals surface area (Å²) < 4.78 is 1.55. The number of carbonyl (C=O) groups excluding carboxylic acids is 1. The smallest absolute Gasteiger partial charge is 0.231 e. The first-order valence-electron chi connectivity index (χ1n) is 7.08. The third-order valence-electron chi connectivity index (χ3n) is 4.15. The number of anilines is 1. The highest BCUT2D eigenvalue weighted by Crippen LogP contribution is 2.38. The van der Waals surface area contributed by atoms with E-state index in [4.69, 9.17) is 5.73 Å². The summed E-state index contributed by atoms with van der Waals surface area (Å²) >= 11 is 0. The van der Waals surface area contributed by atoms with Gasteiger partial charge in [-0.15, -0.1) is 5.10 Å². The van der Waals surface area contributed by atoms with E-state index in [1.54, 1.807) is 4.68 Å². The number of nitrogens with one attached hydrogen (secondary N) is 1. The van der Waals surface area contributed by atoms with Crippen LogP contribution in [0.2, 0.25) is 0 Å². The van der Waals surface area contributed by atoms with E-state index in [1.807, 2.05) is 24.3 Å². The van der Waals surface area contributed by atoms with Gasteiger partial charge in [0.25, 0.3) is 0 Å². The lowest BCUT2D eigenvalue weighted by atomic mass is 9.85. The molecule has 1 aromatic heterocycles. The summed E-state index contributed by atoms with van der Waals surface area (Å²) in [4.78, 5) is 12.5. The van der Waals surface area contributed by atoms with Crippen molar-refractivity contribution in [3.05, 3.63) is 30.6 Å². The summed E-state index contributed by atoms with van der Waals surface area (Å²) in [6, 6.07) is 7.43. The minimum Gasteiger partial charge on any atom is -0.329 e. The van der Waals surface area contributed by atoms with Gasteiger partial charge in [-0.3, -0.25) is 4.79 Å². The van der Waals surface area contributed by atoms with Gasteiger partial charge >= 0.3 is 0 Å². The number of amides is 1. The molecule has 1 saturated carbocycles. The van der Waals surface area contributed by atoms with Crippen LogP contribution in [-0.4, -0.2) is 32.7 Å². The summed E-state index contributed by atoms with van der Waals surface area (Å²) in [5, 5.41) is 14.0. The predicted molar refractivity (Wildman–Crippen MR) is 77.7 cm³/mol. The Labute approximate surface area is 122 Å². The van der Waals surface area contributed by atoms with E-state index in [1.165, 1.54) is 6.33 Å². The van der Waals surface area contributed by atoms with E-state index in [9.17, 15) is 4.79 Å². The zero-order valence-electron chi connectivity index (χ0n) is 11.7. The Bertz CT molecular complexity index is 618. The number of hydrogen-bond donors (Lipinski definition) is 2. The van der Waals surface area contributed by atoms with Crippen molar-refractivity contribution in [2.45, 2.75) is 25.7 Å². The predicted octanol–water partition coefficient (Wildman–Crippen LogP) is 1.12. The average Bonchev–Trinajstić information content (AvgIpc) is 3.20. The first-order valence-corrected chi connectivity index (χ1v) is 7.08. The number of nitrogens with two attached hydrogens (primary N) is 1. The van der Waals surface area contributed by atoms with Crippen LogP contribution in [0.1, 0.15) is 25.7 Å². The van der Waals surface area contributed by atoms with Gasteiger partial charge in [0.15, 0.2) is 0 Å². The van der Waals surface area contributed by atoms with Crippen molar-refractivity contribution in [3.8, 4) is 5.69 Å². The summed E-state index contributed by atoms with van der Waals surface area (Å²) in [5.41, 5.74) is 6.95. The number of tetrazole rings is 1. The Morgan fingerprint density at radius 2 is 2.19 bits per heavy atom. The number of rotatable bonds is 4. The molecular weight excluding hydrogens is 268 g/mol. The molecule has 0 atom stereocenters. The molecular formula is C14H18N6O. The number of aromatic nitrogens is 4. The first kappa shape index (κ1) is 13.7. The highest BCUT2D eigenvalue weighted by molar-refractivity contribution is 5.95. The molecule has 3 rings (SSSR count). The monoisotopic (exact) mass is 286 g/mol. The highest BCUT2D eigenvalue weighted by atomic mass is 16.2. The van der Waals surface area contributed by atoms with Crippen molar-refractivity contribution in [1.29, 1.82) is 0 Å². The van der Waals surface area contributed by atoms with Crippen LogP contribution in [0.4, 0.5) is 5.69 Å². The Hall–Kier alpha value is -2.28. The van der Waals surface area contributed by atoms with Crippen molar-refractivity contribution in [1.82, 2.24) is 20.2 Å². The second kappa shape index (κ2) is 5.61. The molecule has 1 aliphatic rings. The van der Waals surface area contributed by atoms with E-state index >= 15 is 0 Å². The van der Waals surface area contributed by atoms with E-state index < -0.39 is 5.41 Å². The SMILES string of the molecule is NCC1(C(=O)Nc2cccc(-n3cnnn3)c2)CCCC1. The third-order valence-corrected chi connectivity index (χ3v) is 4.15. The molecule has 7 heteroatoms. The molecule has 0 radical (unpaired) electrons. The highest BCUT2D eigenvalue weighted by Gasteiger charge is 2.39. The maximum absolute atomic E-state index is 12.5. The minimum absolute atomic E-state index is 0.0105. The maximum Gasteiger partial charge on any atom is 0.231 e. The molecule has 1 amide bonds. The fraction of sp³-hybridized carbons (Fsp3) is 0.429. The molecule has 0 unspecified atom stereocenters. The van der Waals surface area contributed by atoms with Crippen LogP contribution in [0, 0.1) is 5.41 Å². The van der Waals surface area contributed by atoms with E-state index in [0.29, 0.717) is 6.54 Å². The molecule has 0 saturated heterocycles. The zero-order chi connectivity index (χ0) is 14.7. The second-order valence-electron chi connectivity index (χ2n) is 5.45. The fourth-order valence-electron chi connectivity index (χ4n) is 2.85. The number of carbonyl (C=O) groups is 1. The standard InChI is InChI=1S/C14H18N6O/c15-9-14(6-1-2-7-14)13(21)17-11-4-3-5-12(8-11)20-10-16-18-19-20/h3-5,8,10H,1-2,6-7,9,15H2,(H,17,21). The molecule has 1 fully saturated rings. The molecule has 110 valence electrons. The molecule has 21 heavy (non-hydrogen) atoms. The number of hydrogen-bond acceptors (Lipinski definition) is 5. The van der Waals surface area contributed by atoms with Gasteiger partial charge in [0, 0.05) is 12.2 Å². The molecule has 0 bridgehead atoms. The quantitative estimate of drug-likeness (QED) is 0.877. The summed E-state index contributed by atoms with van der Waals surface area (Å²) in [6.45, 7) is 0.394. The lowest BCUT2D eigenvalue weighted by molar-refractivity contribution is -0.124. The van der Waals surface area contributed by atoms with Gasteiger partial charge < -0.3 is 11.1 Å². The summed E-state index contributed by atoms with van der Waals surface area (Å²) in [7, 11) is 0. The van der Waals surface area contributed by atoms with Crippen LogP contribution in [0.15, 0.2) is 30.6 Å². The Morgan fingerprint density at radius 3 is 2.86 bits per heavy atom. The molecule has 7 nitrogen and oxygen atoms in total. The van der Waals surface area contributed by atoms with E-state index in [0.717, 1.165) is 37.1 Å². The van der Waals surface area contributed by atoms with Crippen molar-refractivity contribution in [2.75, 3.05) is 11.9 Å². The number of benzene rings is 1. The van der Waals surface area contributed by atoms with E-state index in [-0.39, 0.29) is 5.91 Å². The van der Waals surface area contributed by atoms with Crippen molar-refractivity contribution < 1.29 is 4.79 Å². The minimum atomic E-state index is -0.412. The maximum atomic E-state index is 12.5. The molecule has 0 spiro atoms. The Morgan fingerprint density at radius 1 is 1.38 bits per heavy atom. The lowest BCUT2D eigenvalue weighted by Gasteiger charge is -2.25. The Kier molecular flexibility index (Phi) is 3.66. The molecule has 0 aliphatic heterocycles. The van der Waals surface area contributed by atoms with Crippen LogP contribution in [0.25, 0.3) is 5.69 Å². The zero-order valence-corrected chi connectivity index (χ0v) is 11.7. The van der Waals surface area contributed by atoms with Crippen LogP contribution in [-0.2, 0) is 4.79 Å². The van der Waals surface area contributed by atoms with Crippen LogP contribution in [0.3, 0.4) is 0 Å². The van der Waals surface area contributed by atoms with Crippen molar-refractivity contribution in [3.63, 3.8) is 0 Å². The Balaban J connectivity index is 1.79. The summed E-state index contributed by atoms with van der Waals surface area (Å²) in [5.74, 6) is 0.0105. The molecule has 1 aromatic carbocycles. The molecule has 1 aliphatic carbocycles. The third kappa shape index (κ3) is 2.64. The fourth-order valence-corrected chi connectivity index (χ4v) is 2.85. The topological polar surface area (TPSA) is 98.7 Å². The first-order chi connectivity index (χ1) is 10.2. The molecule has 3 N–H and O–H groups in total. The largest absolute Gasteiger partial charge is 0.329 e. The molecule has 1 heterocycles. The van der Waals surface area contributed by atoms with Gasteiger partial charge in [-0.25, -0.2) is 4.68 Å². The second-order valence-corrected chi connectivity index (χ2v) is 5.45. The molecule has 2 aromatic rings. The van der Waals surface area contributed by atoms with Crippen molar-refractivity contribution in [2.24, 2.45) is 11.1 Å².